The minimum Gasteiger partial charge on any atom is -0.299 e. The molecule has 4 rings (SSSR count). The normalized spacial score (nSPS) is 44.2. The van der Waals surface area contributed by atoms with Gasteiger partial charge in [0.1, 0.15) is 5.78 Å². The molecular formula is C29H46O. The van der Waals surface area contributed by atoms with Gasteiger partial charge in [0.25, 0.3) is 0 Å². The molecule has 0 heterocycles. The molecule has 0 aliphatic heterocycles. The fourth-order valence-electron chi connectivity index (χ4n) is 8.90. The van der Waals surface area contributed by atoms with Crippen molar-refractivity contribution < 1.29 is 4.79 Å². The monoisotopic (exact) mass is 410 g/mol. The Bertz CT molecular complexity index is 767. The Hall–Kier alpha value is -0.850. The Balaban J connectivity index is 1.63. The molecule has 7 atom stereocenters. The molecule has 4 aliphatic rings. The van der Waals surface area contributed by atoms with Crippen LogP contribution in [-0.4, -0.2) is 5.78 Å². The Labute approximate surface area is 186 Å². The maximum absolute atomic E-state index is 12.5. The lowest BCUT2D eigenvalue weighted by atomic mass is 9.45. The van der Waals surface area contributed by atoms with Gasteiger partial charge in [0, 0.05) is 12.3 Å². The van der Waals surface area contributed by atoms with Crippen molar-refractivity contribution in [2.45, 2.75) is 113 Å². The number of fused-ring (bicyclic) bond motifs is 4. The zero-order chi connectivity index (χ0) is 21.9. The fraction of sp³-hybridized carbons (Fsp3) is 0.828. The van der Waals surface area contributed by atoms with Gasteiger partial charge in [0.15, 0.2) is 0 Å². The lowest BCUT2D eigenvalue weighted by Crippen LogP contribution is -2.50. The summed E-state index contributed by atoms with van der Waals surface area (Å²) >= 11 is 0. The van der Waals surface area contributed by atoms with Crippen molar-refractivity contribution >= 4 is 5.78 Å². The average Bonchev–Trinajstić information content (AvgIpc) is 2.96. The highest BCUT2D eigenvalue weighted by Crippen LogP contribution is 2.71. The van der Waals surface area contributed by atoms with Crippen molar-refractivity contribution in [2.75, 3.05) is 0 Å². The predicted octanol–water partition coefficient (Wildman–Crippen LogP) is 8.30. The van der Waals surface area contributed by atoms with Gasteiger partial charge >= 0.3 is 0 Å². The van der Waals surface area contributed by atoms with E-state index in [0.29, 0.717) is 27.9 Å². The summed E-state index contributed by atoms with van der Waals surface area (Å²) in [6, 6.07) is 0. The smallest absolute Gasteiger partial charge is 0.136 e. The molecule has 7 unspecified atom stereocenters. The van der Waals surface area contributed by atoms with Gasteiger partial charge in [-0.25, -0.2) is 0 Å². The summed E-state index contributed by atoms with van der Waals surface area (Å²) in [6.45, 7) is 17.1. The van der Waals surface area contributed by atoms with Crippen molar-refractivity contribution in [1.82, 2.24) is 0 Å². The first-order valence-electron chi connectivity index (χ1n) is 12.9. The van der Waals surface area contributed by atoms with Gasteiger partial charge in [-0.05, 0) is 106 Å². The molecule has 0 aromatic heterocycles. The molecule has 168 valence electrons. The third kappa shape index (κ3) is 3.12. The molecule has 4 aliphatic carbocycles. The molecule has 0 N–H and O–H groups in total. The quantitative estimate of drug-likeness (QED) is 0.426. The molecule has 0 bridgehead atoms. The number of hydrogen-bond acceptors (Lipinski definition) is 1. The molecule has 0 aromatic carbocycles. The molecule has 0 saturated heterocycles. The largest absolute Gasteiger partial charge is 0.299 e. The summed E-state index contributed by atoms with van der Waals surface area (Å²) in [5.74, 6) is 3.06. The average molecular weight is 411 g/mol. The maximum Gasteiger partial charge on any atom is 0.136 e. The molecule has 2 saturated carbocycles. The molecule has 0 aromatic rings. The van der Waals surface area contributed by atoms with Gasteiger partial charge in [-0.1, -0.05) is 57.4 Å². The van der Waals surface area contributed by atoms with Crippen molar-refractivity contribution in [3.63, 3.8) is 0 Å². The van der Waals surface area contributed by atoms with Gasteiger partial charge in [0.05, 0.1) is 0 Å². The third-order valence-electron chi connectivity index (χ3n) is 11.0. The van der Waals surface area contributed by atoms with Crippen LogP contribution < -0.4 is 0 Å². The second-order valence-electron chi connectivity index (χ2n) is 12.5. The highest BCUT2D eigenvalue weighted by Gasteiger charge is 2.62. The van der Waals surface area contributed by atoms with Gasteiger partial charge in [-0.3, -0.25) is 4.79 Å². The van der Waals surface area contributed by atoms with Crippen LogP contribution >= 0.6 is 0 Å². The lowest BCUT2D eigenvalue weighted by Gasteiger charge is -2.59. The number of rotatable bonds is 4. The molecule has 2 fully saturated rings. The van der Waals surface area contributed by atoms with Crippen LogP contribution in [0.15, 0.2) is 22.8 Å². The molecule has 0 spiro atoms. The van der Waals surface area contributed by atoms with Crippen LogP contribution in [0.25, 0.3) is 0 Å². The first-order valence-corrected chi connectivity index (χ1v) is 12.9. The van der Waals surface area contributed by atoms with E-state index in [1.165, 1.54) is 56.9 Å². The van der Waals surface area contributed by atoms with Gasteiger partial charge in [0.2, 0.25) is 0 Å². The Morgan fingerprint density at radius 3 is 2.47 bits per heavy atom. The number of allylic oxidation sites excluding steroid dienone is 4. The van der Waals surface area contributed by atoms with Crippen LogP contribution in [0.5, 0.6) is 0 Å². The van der Waals surface area contributed by atoms with E-state index in [9.17, 15) is 4.79 Å². The highest BCUT2D eigenvalue weighted by atomic mass is 16.1. The number of hydrogen-bond donors (Lipinski definition) is 0. The van der Waals surface area contributed by atoms with Gasteiger partial charge in [-0.15, -0.1) is 0 Å². The van der Waals surface area contributed by atoms with Crippen LogP contribution in [0, 0.1) is 39.9 Å². The molecular weight excluding hydrogens is 364 g/mol. The summed E-state index contributed by atoms with van der Waals surface area (Å²) in [5.41, 5.74) is 6.26. The molecule has 1 heteroatoms. The van der Waals surface area contributed by atoms with E-state index in [1.54, 1.807) is 0 Å². The Kier molecular flexibility index (Phi) is 5.68. The Morgan fingerprint density at radius 1 is 1.03 bits per heavy atom. The highest BCUT2D eigenvalue weighted by molar-refractivity contribution is 5.82. The van der Waals surface area contributed by atoms with Crippen molar-refractivity contribution in [1.29, 1.82) is 0 Å². The van der Waals surface area contributed by atoms with Crippen molar-refractivity contribution in [3.05, 3.63) is 22.8 Å². The van der Waals surface area contributed by atoms with Crippen molar-refractivity contribution in [2.24, 2.45) is 39.9 Å². The van der Waals surface area contributed by atoms with Crippen LogP contribution in [0.3, 0.4) is 0 Å². The van der Waals surface area contributed by atoms with E-state index in [4.69, 9.17) is 0 Å². The minimum absolute atomic E-state index is 0.269. The molecule has 0 radical (unpaired) electrons. The number of ketones is 1. The standard InChI is InChI=1S/C29H46O/c1-19(2)9-8-10-20(3)22-13-17-29(7)25-12-11-23-21(4)26(30)15-16-27(23,5)24(25)14-18-28(22,29)6/h9,20-23H,8,10-18H2,1-7H3. The second kappa shape index (κ2) is 7.63. The number of carbonyl (C=O) groups is 1. The maximum atomic E-state index is 12.5. The topological polar surface area (TPSA) is 17.1 Å². The molecule has 0 amide bonds. The van der Waals surface area contributed by atoms with E-state index < -0.39 is 0 Å². The molecule has 30 heavy (non-hydrogen) atoms. The first-order chi connectivity index (χ1) is 14.0. The zero-order valence-corrected chi connectivity index (χ0v) is 20.9. The number of Topliss-reactive ketones (excluding diaryl/α,β-unsaturated/α-hetero) is 1. The fourth-order valence-corrected chi connectivity index (χ4v) is 8.90. The Morgan fingerprint density at radius 2 is 1.77 bits per heavy atom. The van der Waals surface area contributed by atoms with E-state index in [2.05, 4.69) is 54.5 Å². The van der Waals surface area contributed by atoms with Crippen LogP contribution in [0.4, 0.5) is 0 Å². The van der Waals surface area contributed by atoms with Crippen LogP contribution in [0.2, 0.25) is 0 Å². The summed E-state index contributed by atoms with van der Waals surface area (Å²) in [4.78, 5) is 12.5. The minimum atomic E-state index is 0.269. The SMILES string of the molecule is CC(C)=CCCC(C)C1CCC2(C)C3=C(CCC12C)C1(C)CCC(=O)C(C)C1CC3. The summed E-state index contributed by atoms with van der Waals surface area (Å²) < 4.78 is 0. The van der Waals surface area contributed by atoms with Crippen LogP contribution in [-0.2, 0) is 4.79 Å². The third-order valence-corrected chi connectivity index (χ3v) is 11.0. The summed E-state index contributed by atoms with van der Waals surface area (Å²) in [5, 5.41) is 0. The predicted molar refractivity (Wildman–Crippen MR) is 127 cm³/mol. The summed E-state index contributed by atoms with van der Waals surface area (Å²) in [6.07, 6.45) is 14.9. The van der Waals surface area contributed by atoms with Gasteiger partial charge in [-0.2, -0.15) is 0 Å². The first kappa shape index (κ1) is 22.3. The van der Waals surface area contributed by atoms with E-state index >= 15 is 0 Å². The number of carbonyl (C=O) groups excluding carboxylic acids is 1. The second-order valence-corrected chi connectivity index (χ2v) is 12.5. The molecule has 1 nitrogen and oxygen atoms in total. The summed E-state index contributed by atoms with van der Waals surface area (Å²) in [7, 11) is 0. The zero-order valence-electron chi connectivity index (χ0n) is 20.9. The van der Waals surface area contributed by atoms with E-state index in [-0.39, 0.29) is 5.92 Å². The van der Waals surface area contributed by atoms with E-state index in [0.717, 1.165) is 24.7 Å². The lowest BCUT2D eigenvalue weighted by molar-refractivity contribution is -0.130. The van der Waals surface area contributed by atoms with Crippen molar-refractivity contribution in [3.8, 4) is 0 Å². The van der Waals surface area contributed by atoms with Crippen LogP contribution in [0.1, 0.15) is 113 Å². The van der Waals surface area contributed by atoms with Gasteiger partial charge < -0.3 is 0 Å². The van der Waals surface area contributed by atoms with E-state index in [1.807, 2.05) is 11.1 Å².